The van der Waals surface area contributed by atoms with Gasteiger partial charge in [0.2, 0.25) is 15.9 Å². The molecule has 2 aromatic rings. The van der Waals surface area contributed by atoms with Crippen molar-refractivity contribution in [2.24, 2.45) is 5.41 Å². The van der Waals surface area contributed by atoms with Crippen LogP contribution in [0.5, 0.6) is 0 Å². The molecular formula is C20H22N2O4S. The highest BCUT2D eigenvalue weighted by atomic mass is 32.2. The second-order valence-electron chi connectivity index (χ2n) is 7.59. The van der Waals surface area contributed by atoms with Crippen molar-refractivity contribution in [1.29, 1.82) is 0 Å². The van der Waals surface area contributed by atoms with Crippen LogP contribution in [0.15, 0.2) is 42.5 Å². The standard InChI is InChI=1S/C20H22N2O4S/c1-13-8-14(2)10-16(9-13)21-18(23)15-6-5-7-17(11-15)22-19(24)20(3,4)12-27(22,25)26/h5-11H,12H2,1-4H3,(H,21,23). The SMILES string of the molecule is Cc1cc(C)cc(NC(=O)c2cccc(N3C(=O)C(C)(C)CS3(=O)=O)c2)c1. The molecule has 27 heavy (non-hydrogen) atoms. The lowest BCUT2D eigenvalue weighted by atomic mass is 9.95. The second kappa shape index (κ2) is 6.49. The number of hydrogen-bond acceptors (Lipinski definition) is 4. The van der Waals surface area contributed by atoms with E-state index in [-0.39, 0.29) is 22.9 Å². The number of nitrogens with zero attached hydrogens (tertiary/aromatic N) is 1. The molecule has 7 heteroatoms. The van der Waals surface area contributed by atoms with Crippen molar-refractivity contribution in [3.8, 4) is 0 Å². The molecule has 1 aliphatic rings. The van der Waals surface area contributed by atoms with E-state index in [1.54, 1.807) is 26.0 Å². The van der Waals surface area contributed by atoms with Crippen LogP contribution in [-0.4, -0.2) is 26.0 Å². The third kappa shape index (κ3) is 3.73. The van der Waals surface area contributed by atoms with Gasteiger partial charge < -0.3 is 5.32 Å². The van der Waals surface area contributed by atoms with Gasteiger partial charge in [-0.05, 0) is 69.2 Å². The lowest BCUT2D eigenvalue weighted by molar-refractivity contribution is -0.123. The van der Waals surface area contributed by atoms with Crippen molar-refractivity contribution >= 4 is 33.2 Å². The zero-order valence-corrected chi connectivity index (χ0v) is 16.6. The third-order valence-corrected chi connectivity index (χ3v) is 6.43. The molecule has 0 spiro atoms. The molecule has 1 heterocycles. The molecule has 2 aromatic carbocycles. The van der Waals surface area contributed by atoms with Crippen molar-refractivity contribution < 1.29 is 18.0 Å². The summed E-state index contributed by atoms with van der Waals surface area (Å²) >= 11 is 0. The summed E-state index contributed by atoms with van der Waals surface area (Å²) < 4.78 is 25.7. The van der Waals surface area contributed by atoms with Gasteiger partial charge in [0.25, 0.3) is 5.91 Å². The van der Waals surface area contributed by atoms with Crippen molar-refractivity contribution in [2.45, 2.75) is 27.7 Å². The predicted octanol–water partition coefficient (Wildman–Crippen LogP) is 3.26. The minimum atomic E-state index is -3.76. The highest BCUT2D eigenvalue weighted by Gasteiger charge is 2.49. The number of nitrogens with one attached hydrogen (secondary N) is 1. The van der Waals surface area contributed by atoms with Gasteiger partial charge in [-0.15, -0.1) is 0 Å². The Morgan fingerprint density at radius 3 is 2.26 bits per heavy atom. The van der Waals surface area contributed by atoms with Crippen LogP contribution in [0.4, 0.5) is 11.4 Å². The third-order valence-electron chi connectivity index (χ3n) is 4.41. The first-order valence-corrected chi connectivity index (χ1v) is 10.2. The summed E-state index contributed by atoms with van der Waals surface area (Å²) in [6.45, 7) is 7.08. The van der Waals surface area contributed by atoms with Gasteiger partial charge in [-0.2, -0.15) is 0 Å². The lowest BCUT2D eigenvalue weighted by Crippen LogP contribution is -2.33. The molecule has 3 rings (SSSR count). The summed E-state index contributed by atoms with van der Waals surface area (Å²) in [5.41, 5.74) is 2.17. The number of benzene rings is 2. The Morgan fingerprint density at radius 1 is 1.07 bits per heavy atom. The van der Waals surface area contributed by atoms with Gasteiger partial charge in [-0.1, -0.05) is 12.1 Å². The lowest BCUT2D eigenvalue weighted by Gasteiger charge is -2.18. The Kier molecular flexibility index (Phi) is 4.59. The number of carbonyl (C=O) groups is 2. The van der Waals surface area contributed by atoms with Gasteiger partial charge in [-0.3, -0.25) is 9.59 Å². The number of aryl methyl sites for hydroxylation is 2. The first-order valence-electron chi connectivity index (χ1n) is 8.57. The first kappa shape index (κ1) is 19.1. The minimum Gasteiger partial charge on any atom is -0.322 e. The summed E-state index contributed by atoms with van der Waals surface area (Å²) in [4.78, 5) is 25.1. The number of hydrogen-bond donors (Lipinski definition) is 1. The molecule has 0 unspecified atom stereocenters. The smallest absolute Gasteiger partial charge is 0.255 e. The fourth-order valence-electron chi connectivity index (χ4n) is 3.28. The Labute approximate surface area is 159 Å². The average molecular weight is 386 g/mol. The molecule has 0 saturated carbocycles. The summed E-state index contributed by atoms with van der Waals surface area (Å²) in [6, 6.07) is 11.8. The summed E-state index contributed by atoms with van der Waals surface area (Å²) in [5, 5.41) is 2.81. The van der Waals surface area contributed by atoms with Crippen molar-refractivity contribution in [2.75, 3.05) is 15.4 Å². The maximum Gasteiger partial charge on any atom is 0.255 e. The highest BCUT2D eigenvalue weighted by Crippen LogP contribution is 2.36. The van der Waals surface area contributed by atoms with Gasteiger partial charge in [0.1, 0.15) is 0 Å². The molecule has 0 radical (unpaired) electrons. The maximum absolute atomic E-state index is 12.6. The summed E-state index contributed by atoms with van der Waals surface area (Å²) in [7, 11) is -3.76. The van der Waals surface area contributed by atoms with Crippen LogP contribution in [0.3, 0.4) is 0 Å². The number of anilines is 2. The van der Waals surface area contributed by atoms with Crippen LogP contribution < -0.4 is 9.62 Å². The zero-order chi connectivity index (χ0) is 20.0. The van der Waals surface area contributed by atoms with Crippen molar-refractivity contribution in [1.82, 2.24) is 0 Å². The van der Waals surface area contributed by atoms with E-state index in [2.05, 4.69) is 5.32 Å². The van der Waals surface area contributed by atoms with Crippen LogP contribution in [0.25, 0.3) is 0 Å². The highest BCUT2D eigenvalue weighted by molar-refractivity contribution is 7.94. The predicted molar refractivity (Wildman–Crippen MR) is 105 cm³/mol. The number of rotatable bonds is 3. The second-order valence-corrected chi connectivity index (χ2v) is 9.41. The normalized spacial score (nSPS) is 17.8. The molecule has 1 fully saturated rings. The Hall–Kier alpha value is -2.67. The van der Waals surface area contributed by atoms with Crippen LogP contribution in [-0.2, 0) is 14.8 Å². The van der Waals surface area contributed by atoms with Gasteiger partial charge in [0.05, 0.1) is 16.9 Å². The Morgan fingerprint density at radius 2 is 1.70 bits per heavy atom. The molecule has 2 amide bonds. The van der Waals surface area contributed by atoms with E-state index in [0.717, 1.165) is 15.4 Å². The van der Waals surface area contributed by atoms with Crippen LogP contribution in [0.1, 0.15) is 35.3 Å². The molecule has 0 aliphatic carbocycles. The van der Waals surface area contributed by atoms with Crippen LogP contribution in [0, 0.1) is 19.3 Å². The molecule has 1 N–H and O–H groups in total. The van der Waals surface area contributed by atoms with E-state index in [1.165, 1.54) is 12.1 Å². The first-order chi connectivity index (χ1) is 12.5. The molecule has 0 atom stereocenters. The molecule has 6 nitrogen and oxygen atoms in total. The quantitative estimate of drug-likeness (QED) is 0.878. The monoisotopic (exact) mass is 386 g/mol. The van der Waals surface area contributed by atoms with Crippen molar-refractivity contribution in [3.05, 3.63) is 59.2 Å². The average Bonchev–Trinajstić information content (AvgIpc) is 2.69. The van der Waals surface area contributed by atoms with Gasteiger partial charge >= 0.3 is 0 Å². The summed E-state index contributed by atoms with van der Waals surface area (Å²) in [6.07, 6.45) is 0. The topological polar surface area (TPSA) is 83.6 Å². The Balaban J connectivity index is 1.92. The molecule has 142 valence electrons. The van der Waals surface area contributed by atoms with Crippen LogP contribution >= 0.6 is 0 Å². The van der Waals surface area contributed by atoms with E-state index in [0.29, 0.717) is 5.69 Å². The van der Waals surface area contributed by atoms with Crippen molar-refractivity contribution in [3.63, 3.8) is 0 Å². The number of amides is 2. The summed E-state index contributed by atoms with van der Waals surface area (Å²) in [5.74, 6) is -1.11. The fourth-order valence-corrected chi connectivity index (χ4v) is 5.38. The van der Waals surface area contributed by atoms with E-state index in [9.17, 15) is 18.0 Å². The molecule has 1 saturated heterocycles. The number of carbonyl (C=O) groups excluding carboxylic acids is 2. The van der Waals surface area contributed by atoms with E-state index in [4.69, 9.17) is 0 Å². The van der Waals surface area contributed by atoms with E-state index in [1.807, 2.05) is 32.0 Å². The molecule has 0 bridgehead atoms. The zero-order valence-electron chi connectivity index (χ0n) is 15.7. The molecule has 0 aromatic heterocycles. The maximum atomic E-state index is 12.6. The minimum absolute atomic E-state index is 0.179. The molecule has 1 aliphatic heterocycles. The largest absolute Gasteiger partial charge is 0.322 e. The Bertz CT molecular complexity index is 1020. The van der Waals surface area contributed by atoms with E-state index < -0.39 is 21.3 Å². The van der Waals surface area contributed by atoms with Gasteiger partial charge in [0.15, 0.2) is 0 Å². The van der Waals surface area contributed by atoms with E-state index >= 15 is 0 Å². The van der Waals surface area contributed by atoms with Gasteiger partial charge in [-0.25, -0.2) is 12.7 Å². The number of sulfonamides is 1. The fraction of sp³-hybridized carbons (Fsp3) is 0.300. The molecular weight excluding hydrogens is 364 g/mol. The van der Waals surface area contributed by atoms with Gasteiger partial charge in [0, 0.05) is 11.3 Å². The van der Waals surface area contributed by atoms with Crippen LogP contribution in [0.2, 0.25) is 0 Å².